The summed E-state index contributed by atoms with van der Waals surface area (Å²) in [4.78, 5) is 27.7. The molecule has 0 aliphatic heterocycles. The number of amides is 2. The first-order valence-electron chi connectivity index (χ1n) is 12.5. The van der Waals surface area contributed by atoms with Gasteiger partial charge < -0.3 is 10.2 Å². The van der Waals surface area contributed by atoms with E-state index in [1.165, 1.54) is 10.6 Å². The molecule has 0 bridgehead atoms. The van der Waals surface area contributed by atoms with Crippen molar-refractivity contribution < 1.29 is 18.0 Å². The molecule has 0 saturated carbocycles. The first-order chi connectivity index (χ1) is 16.8. The highest BCUT2D eigenvalue weighted by Gasteiger charge is 2.26. The number of carbonyl (C=O) groups excluding carboxylic acids is 2. The number of hydrogen-bond donors (Lipinski definition) is 1. The van der Waals surface area contributed by atoms with E-state index in [1.807, 2.05) is 77.1 Å². The number of carbonyl (C=O) groups is 2. The fourth-order valence-corrected chi connectivity index (χ4v) is 4.97. The van der Waals surface area contributed by atoms with Crippen LogP contribution in [0, 0.1) is 26.7 Å². The highest BCUT2D eigenvalue weighted by Crippen LogP contribution is 2.22. The fourth-order valence-electron chi connectivity index (χ4n) is 4.02. The topological polar surface area (TPSA) is 86.8 Å². The Labute approximate surface area is 216 Å². The summed E-state index contributed by atoms with van der Waals surface area (Å²) in [5.41, 5.74) is 4.60. The van der Waals surface area contributed by atoms with Gasteiger partial charge in [-0.2, -0.15) is 0 Å². The van der Waals surface area contributed by atoms with Gasteiger partial charge in [0, 0.05) is 26.1 Å². The van der Waals surface area contributed by atoms with Crippen molar-refractivity contribution in [3.63, 3.8) is 0 Å². The van der Waals surface area contributed by atoms with Crippen LogP contribution in [0.2, 0.25) is 0 Å². The quantitative estimate of drug-likeness (QED) is 0.455. The fraction of sp³-hybridized carbons (Fsp3) is 0.500. The minimum Gasteiger partial charge on any atom is -0.354 e. The van der Waals surface area contributed by atoms with E-state index in [4.69, 9.17) is 0 Å². The molecule has 1 atom stereocenters. The van der Waals surface area contributed by atoms with E-state index < -0.39 is 16.1 Å². The van der Waals surface area contributed by atoms with Crippen molar-refractivity contribution >= 4 is 27.5 Å². The lowest BCUT2D eigenvalue weighted by Crippen LogP contribution is -2.48. The standard InChI is InChI=1S/C28H41N3O4S/c1-20(2)18-29-28(33)24(6)30(19-25-12-10-21(3)11-13-25)27(32)9-8-14-31(36(7,34)35)26-16-22(4)15-23(5)17-26/h10-13,15-17,20,24H,8-9,14,18-19H2,1-7H3,(H,29,33). The highest BCUT2D eigenvalue weighted by molar-refractivity contribution is 7.92. The number of rotatable bonds is 12. The summed E-state index contributed by atoms with van der Waals surface area (Å²) >= 11 is 0. The second-order valence-corrected chi connectivity index (χ2v) is 12.0. The molecule has 0 heterocycles. The molecule has 2 aromatic rings. The van der Waals surface area contributed by atoms with Crippen LogP contribution in [-0.2, 0) is 26.2 Å². The van der Waals surface area contributed by atoms with Crippen molar-refractivity contribution in [1.82, 2.24) is 10.2 Å². The Morgan fingerprint density at radius 2 is 1.50 bits per heavy atom. The number of aryl methyl sites for hydroxylation is 3. The SMILES string of the molecule is Cc1ccc(CN(C(=O)CCCN(c2cc(C)cc(C)c2)S(C)(=O)=O)C(C)C(=O)NCC(C)C)cc1. The van der Waals surface area contributed by atoms with Crippen LogP contribution in [0.4, 0.5) is 5.69 Å². The molecular weight excluding hydrogens is 474 g/mol. The Morgan fingerprint density at radius 1 is 0.917 bits per heavy atom. The maximum absolute atomic E-state index is 13.4. The zero-order valence-electron chi connectivity index (χ0n) is 22.7. The molecule has 0 aliphatic rings. The van der Waals surface area contributed by atoms with Crippen molar-refractivity contribution in [3.8, 4) is 0 Å². The summed E-state index contributed by atoms with van der Waals surface area (Å²) in [6.45, 7) is 12.6. The molecule has 198 valence electrons. The van der Waals surface area contributed by atoms with E-state index in [0.29, 0.717) is 31.1 Å². The van der Waals surface area contributed by atoms with Crippen LogP contribution in [0.25, 0.3) is 0 Å². The number of anilines is 1. The minimum atomic E-state index is -3.52. The van der Waals surface area contributed by atoms with Crippen LogP contribution in [0.15, 0.2) is 42.5 Å². The van der Waals surface area contributed by atoms with Gasteiger partial charge in [-0.1, -0.05) is 49.7 Å². The summed E-state index contributed by atoms with van der Waals surface area (Å²) < 4.78 is 26.4. The van der Waals surface area contributed by atoms with Crippen molar-refractivity contribution in [3.05, 3.63) is 64.7 Å². The average molecular weight is 516 g/mol. The van der Waals surface area contributed by atoms with Gasteiger partial charge in [-0.3, -0.25) is 13.9 Å². The summed E-state index contributed by atoms with van der Waals surface area (Å²) in [5.74, 6) is -0.0801. The van der Waals surface area contributed by atoms with E-state index in [-0.39, 0.29) is 24.8 Å². The first-order valence-corrected chi connectivity index (χ1v) is 14.3. The van der Waals surface area contributed by atoms with Gasteiger partial charge in [-0.25, -0.2) is 8.42 Å². The Bertz CT molecular complexity index is 1120. The largest absolute Gasteiger partial charge is 0.354 e. The van der Waals surface area contributed by atoms with E-state index in [0.717, 1.165) is 22.3 Å². The van der Waals surface area contributed by atoms with Crippen molar-refractivity contribution in [2.24, 2.45) is 5.92 Å². The molecule has 0 fully saturated rings. The van der Waals surface area contributed by atoms with E-state index in [1.54, 1.807) is 11.8 Å². The summed E-state index contributed by atoms with van der Waals surface area (Å²) in [5, 5.41) is 2.92. The van der Waals surface area contributed by atoms with Crippen molar-refractivity contribution in [2.45, 2.75) is 67.0 Å². The molecule has 8 heteroatoms. The third-order valence-corrected chi connectivity index (χ3v) is 7.17. The zero-order valence-corrected chi connectivity index (χ0v) is 23.5. The Hall–Kier alpha value is -2.87. The van der Waals surface area contributed by atoms with Gasteiger partial charge in [0.15, 0.2) is 0 Å². The molecule has 0 radical (unpaired) electrons. The smallest absolute Gasteiger partial charge is 0.242 e. The minimum absolute atomic E-state index is 0.129. The lowest BCUT2D eigenvalue weighted by molar-refractivity contribution is -0.140. The van der Waals surface area contributed by atoms with Crippen LogP contribution in [0.3, 0.4) is 0 Å². The first kappa shape index (κ1) is 29.4. The lowest BCUT2D eigenvalue weighted by atomic mass is 10.1. The molecule has 0 aromatic heterocycles. The predicted molar refractivity (Wildman–Crippen MR) is 146 cm³/mol. The molecule has 2 rings (SSSR count). The summed E-state index contributed by atoms with van der Waals surface area (Å²) in [6, 6.07) is 12.9. The van der Waals surface area contributed by atoms with Crippen LogP contribution < -0.4 is 9.62 Å². The maximum atomic E-state index is 13.4. The number of sulfonamides is 1. The normalized spacial score (nSPS) is 12.3. The van der Waals surface area contributed by atoms with Gasteiger partial charge in [0.05, 0.1) is 11.9 Å². The Balaban J connectivity index is 2.18. The van der Waals surface area contributed by atoms with E-state index in [2.05, 4.69) is 5.32 Å². The van der Waals surface area contributed by atoms with Gasteiger partial charge in [-0.15, -0.1) is 0 Å². The molecule has 7 nitrogen and oxygen atoms in total. The lowest BCUT2D eigenvalue weighted by Gasteiger charge is -2.30. The van der Waals surface area contributed by atoms with Crippen LogP contribution in [0.1, 0.15) is 55.9 Å². The molecule has 2 aromatic carbocycles. The third-order valence-electron chi connectivity index (χ3n) is 5.97. The molecule has 1 N–H and O–H groups in total. The van der Waals surface area contributed by atoms with Gasteiger partial charge >= 0.3 is 0 Å². The van der Waals surface area contributed by atoms with Gasteiger partial charge in [0.2, 0.25) is 21.8 Å². The molecule has 0 aliphatic carbocycles. The molecule has 36 heavy (non-hydrogen) atoms. The van der Waals surface area contributed by atoms with E-state index in [9.17, 15) is 18.0 Å². The Kier molecular flexibility index (Phi) is 10.5. The molecule has 0 saturated heterocycles. The highest BCUT2D eigenvalue weighted by atomic mass is 32.2. The van der Waals surface area contributed by atoms with Crippen LogP contribution in [0.5, 0.6) is 0 Å². The van der Waals surface area contributed by atoms with Crippen LogP contribution in [-0.4, -0.2) is 50.5 Å². The van der Waals surface area contributed by atoms with Gasteiger partial charge in [-0.05, 0) is 68.9 Å². The number of nitrogens with one attached hydrogen (secondary N) is 1. The second-order valence-electron chi connectivity index (χ2n) is 10.1. The molecule has 2 amide bonds. The summed E-state index contributed by atoms with van der Waals surface area (Å²) in [6.07, 6.45) is 1.64. The maximum Gasteiger partial charge on any atom is 0.242 e. The molecular formula is C28H41N3O4S. The number of nitrogens with zero attached hydrogens (tertiary/aromatic N) is 2. The van der Waals surface area contributed by atoms with Gasteiger partial charge in [0.1, 0.15) is 6.04 Å². The van der Waals surface area contributed by atoms with Crippen LogP contribution >= 0.6 is 0 Å². The monoisotopic (exact) mass is 515 g/mol. The predicted octanol–water partition coefficient (Wildman–Crippen LogP) is 4.35. The third kappa shape index (κ3) is 8.97. The number of hydrogen-bond acceptors (Lipinski definition) is 4. The molecule has 1 unspecified atom stereocenters. The summed E-state index contributed by atoms with van der Waals surface area (Å²) in [7, 11) is -3.52. The van der Waals surface area contributed by atoms with Crippen molar-refractivity contribution in [2.75, 3.05) is 23.7 Å². The average Bonchev–Trinajstić information content (AvgIpc) is 2.77. The molecule has 0 spiro atoms. The van der Waals surface area contributed by atoms with Gasteiger partial charge in [0.25, 0.3) is 0 Å². The number of benzene rings is 2. The van der Waals surface area contributed by atoms with Crippen molar-refractivity contribution in [1.29, 1.82) is 0 Å². The Morgan fingerprint density at radius 3 is 2.03 bits per heavy atom. The zero-order chi connectivity index (χ0) is 27.0. The second kappa shape index (κ2) is 12.9. The van der Waals surface area contributed by atoms with E-state index >= 15 is 0 Å².